The second kappa shape index (κ2) is 6.00. The first kappa shape index (κ1) is 13.1. The Morgan fingerprint density at radius 3 is 2.72 bits per heavy atom. The number of ether oxygens (including phenoxy) is 1. The van der Waals surface area contributed by atoms with Gasteiger partial charge in [0.2, 0.25) is 5.88 Å². The number of aromatic nitrogens is 2. The van der Waals surface area contributed by atoms with Crippen molar-refractivity contribution < 1.29 is 4.74 Å². The van der Waals surface area contributed by atoms with Crippen LogP contribution in [-0.4, -0.2) is 16.6 Å². The molecule has 3 N–H and O–H groups in total. The van der Waals surface area contributed by atoms with Gasteiger partial charge in [0.15, 0.2) is 0 Å². The molecule has 0 saturated heterocycles. The summed E-state index contributed by atoms with van der Waals surface area (Å²) in [5.41, 5.74) is 2.56. The molecule has 0 aliphatic heterocycles. The van der Waals surface area contributed by atoms with Gasteiger partial charge in [0.1, 0.15) is 11.6 Å². The molecule has 0 aromatic carbocycles. The summed E-state index contributed by atoms with van der Waals surface area (Å²) in [6, 6.07) is 1.75. The van der Waals surface area contributed by atoms with E-state index in [0.29, 0.717) is 17.6 Å². The number of hydrogen-bond donors (Lipinski definition) is 2. The summed E-state index contributed by atoms with van der Waals surface area (Å²) in [5, 5.41) is 0. The van der Waals surface area contributed by atoms with E-state index >= 15 is 0 Å². The number of hydrogen-bond acceptors (Lipinski definition) is 5. The first-order chi connectivity index (χ1) is 8.69. The van der Waals surface area contributed by atoms with Crippen LogP contribution >= 0.6 is 0 Å². The van der Waals surface area contributed by atoms with Crippen molar-refractivity contribution in [2.24, 2.45) is 11.8 Å². The highest BCUT2D eigenvalue weighted by Crippen LogP contribution is 2.26. The number of anilines is 1. The lowest BCUT2D eigenvalue weighted by Gasteiger charge is -2.13. The highest BCUT2D eigenvalue weighted by atomic mass is 16.5. The molecule has 0 radical (unpaired) electrons. The van der Waals surface area contributed by atoms with Crippen LogP contribution in [0.3, 0.4) is 0 Å². The van der Waals surface area contributed by atoms with Crippen molar-refractivity contribution in [2.45, 2.75) is 45.4 Å². The zero-order chi connectivity index (χ0) is 13.0. The van der Waals surface area contributed by atoms with Crippen molar-refractivity contribution in [1.82, 2.24) is 9.97 Å². The molecular formula is C13H22N4O. The van der Waals surface area contributed by atoms with E-state index in [1.807, 2.05) is 0 Å². The zero-order valence-electron chi connectivity index (χ0n) is 11.1. The Hall–Kier alpha value is -1.36. The predicted octanol–water partition coefficient (Wildman–Crippen LogP) is 2.45. The van der Waals surface area contributed by atoms with Crippen LogP contribution in [0.1, 0.15) is 51.3 Å². The third kappa shape index (κ3) is 3.32. The third-order valence-corrected chi connectivity index (χ3v) is 3.33. The minimum atomic E-state index is 0.257. The van der Waals surface area contributed by atoms with Crippen molar-refractivity contribution in [3.8, 4) is 5.88 Å². The molecule has 1 fully saturated rings. The number of nitrogen functional groups attached to an aromatic ring is 1. The fraction of sp³-hybridized carbons (Fsp3) is 0.692. The molecule has 1 saturated carbocycles. The van der Waals surface area contributed by atoms with Gasteiger partial charge in [-0.2, -0.15) is 4.98 Å². The SMILES string of the molecule is CC(C)c1nc(NN)cc(OCC2CCCC2)n1. The number of hydrazine groups is 1. The van der Waals surface area contributed by atoms with Crippen LogP contribution in [0.25, 0.3) is 0 Å². The van der Waals surface area contributed by atoms with E-state index in [-0.39, 0.29) is 5.92 Å². The van der Waals surface area contributed by atoms with E-state index in [0.717, 1.165) is 12.4 Å². The van der Waals surface area contributed by atoms with Gasteiger partial charge in [0, 0.05) is 12.0 Å². The predicted molar refractivity (Wildman–Crippen MR) is 71.4 cm³/mol. The van der Waals surface area contributed by atoms with Gasteiger partial charge in [-0.15, -0.1) is 0 Å². The molecule has 1 heterocycles. The maximum Gasteiger partial charge on any atom is 0.218 e. The summed E-state index contributed by atoms with van der Waals surface area (Å²) in [4.78, 5) is 8.72. The van der Waals surface area contributed by atoms with E-state index in [1.54, 1.807) is 6.07 Å². The van der Waals surface area contributed by atoms with Crippen molar-refractivity contribution in [2.75, 3.05) is 12.0 Å². The summed E-state index contributed by atoms with van der Waals surface area (Å²) >= 11 is 0. The lowest BCUT2D eigenvalue weighted by atomic mass is 10.1. The minimum Gasteiger partial charge on any atom is -0.477 e. The van der Waals surface area contributed by atoms with Gasteiger partial charge in [-0.05, 0) is 18.8 Å². The summed E-state index contributed by atoms with van der Waals surface area (Å²) < 4.78 is 5.78. The Bertz CT molecular complexity index is 389. The Morgan fingerprint density at radius 2 is 2.11 bits per heavy atom. The number of nitrogens with zero attached hydrogens (tertiary/aromatic N) is 2. The van der Waals surface area contributed by atoms with Crippen LogP contribution in [0.5, 0.6) is 5.88 Å². The smallest absolute Gasteiger partial charge is 0.218 e. The molecule has 1 aromatic rings. The molecule has 1 aliphatic carbocycles. The van der Waals surface area contributed by atoms with Gasteiger partial charge < -0.3 is 10.2 Å². The molecule has 5 nitrogen and oxygen atoms in total. The molecular weight excluding hydrogens is 228 g/mol. The quantitative estimate of drug-likeness (QED) is 0.620. The van der Waals surface area contributed by atoms with Crippen LogP contribution in [0, 0.1) is 5.92 Å². The molecule has 0 atom stereocenters. The van der Waals surface area contributed by atoms with E-state index in [1.165, 1.54) is 25.7 Å². The highest BCUT2D eigenvalue weighted by molar-refractivity contribution is 5.37. The Morgan fingerprint density at radius 1 is 1.39 bits per heavy atom. The normalized spacial score (nSPS) is 16.2. The maximum absolute atomic E-state index is 5.78. The van der Waals surface area contributed by atoms with Crippen LogP contribution in [-0.2, 0) is 0 Å². The fourth-order valence-electron chi connectivity index (χ4n) is 2.23. The van der Waals surface area contributed by atoms with Crippen molar-refractivity contribution in [1.29, 1.82) is 0 Å². The largest absolute Gasteiger partial charge is 0.477 e. The maximum atomic E-state index is 5.78. The molecule has 0 unspecified atom stereocenters. The molecule has 5 heteroatoms. The molecule has 1 aromatic heterocycles. The Kier molecular flexibility index (Phi) is 4.36. The van der Waals surface area contributed by atoms with Gasteiger partial charge in [0.05, 0.1) is 6.61 Å². The molecule has 0 bridgehead atoms. The van der Waals surface area contributed by atoms with Gasteiger partial charge in [-0.25, -0.2) is 10.8 Å². The molecule has 18 heavy (non-hydrogen) atoms. The van der Waals surface area contributed by atoms with E-state index in [2.05, 4.69) is 29.2 Å². The lowest BCUT2D eigenvalue weighted by Crippen LogP contribution is -2.14. The minimum absolute atomic E-state index is 0.257. The number of rotatable bonds is 5. The van der Waals surface area contributed by atoms with Gasteiger partial charge in [-0.1, -0.05) is 26.7 Å². The molecule has 0 amide bonds. The topological polar surface area (TPSA) is 73.1 Å². The van der Waals surface area contributed by atoms with Crippen LogP contribution < -0.4 is 16.0 Å². The van der Waals surface area contributed by atoms with E-state index < -0.39 is 0 Å². The third-order valence-electron chi connectivity index (χ3n) is 3.33. The van der Waals surface area contributed by atoms with Gasteiger partial charge in [0.25, 0.3) is 0 Å². The average Bonchev–Trinajstić information content (AvgIpc) is 2.89. The number of nitrogens with two attached hydrogens (primary N) is 1. The molecule has 0 spiro atoms. The van der Waals surface area contributed by atoms with Crippen molar-refractivity contribution >= 4 is 5.82 Å². The van der Waals surface area contributed by atoms with Gasteiger partial charge in [-0.3, -0.25) is 0 Å². The lowest BCUT2D eigenvalue weighted by molar-refractivity contribution is 0.242. The van der Waals surface area contributed by atoms with Crippen molar-refractivity contribution in [3.05, 3.63) is 11.9 Å². The molecule has 2 rings (SSSR count). The zero-order valence-corrected chi connectivity index (χ0v) is 11.1. The first-order valence-electron chi connectivity index (χ1n) is 6.67. The number of nitrogens with one attached hydrogen (secondary N) is 1. The van der Waals surface area contributed by atoms with Crippen LogP contribution in [0.2, 0.25) is 0 Å². The summed E-state index contributed by atoms with van der Waals surface area (Å²) in [5.74, 6) is 8.33. The fourth-order valence-corrected chi connectivity index (χ4v) is 2.23. The highest BCUT2D eigenvalue weighted by Gasteiger charge is 2.16. The second-order valence-corrected chi connectivity index (χ2v) is 5.21. The van der Waals surface area contributed by atoms with E-state index in [4.69, 9.17) is 10.6 Å². The van der Waals surface area contributed by atoms with Gasteiger partial charge >= 0.3 is 0 Å². The Balaban J connectivity index is 2.03. The van der Waals surface area contributed by atoms with Crippen molar-refractivity contribution in [3.63, 3.8) is 0 Å². The average molecular weight is 250 g/mol. The monoisotopic (exact) mass is 250 g/mol. The van der Waals surface area contributed by atoms with Crippen LogP contribution in [0.4, 0.5) is 5.82 Å². The summed E-state index contributed by atoms with van der Waals surface area (Å²) in [6.45, 7) is 4.85. The van der Waals surface area contributed by atoms with Crippen LogP contribution in [0.15, 0.2) is 6.07 Å². The first-order valence-corrected chi connectivity index (χ1v) is 6.67. The Labute approximate surface area is 108 Å². The molecule has 1 aliphatic rings. The van der Waals surface area contributed by atoms with E-state index in [9.17, 15) is 0 Å². The molecule has 100 valence electrons. The summed E-state index contributed by atoms with van der Waals surface area (Å²) in [6.07, 6.45) is 5.18. The second-order valence-electron chi connectivity index (χ2n) is 5.21. The summed E-state index contributed by atoms with van der Waals surface area (Å²) in [7, 11) is 0. The standard InChI is InChI=1S/C13H22N4O/c1-9(2)13-15-11(17-14)7-12(16-13)18-8-10-5-3-4-6-10/h7,9-10H,3-6,8,14H2,1-2H3,(H,15,16,17).